The summed E-state index contributed by atoms with van der Waals surface area (Å²) >= 11 is 0. The van der Waals surface area contributed by atoms with Crippen LogP contribution in [0.5, 0.6) is 0 Å². The van der Waals surface area contributed by atoms with Crippen molar-refractivity contribution in [3.8, 4) is 67.8 Å². The van der Waals surface area contributed by atoms with E-state index in [-0.39, 0.29) is 5.41 Å². The van der Waals surface area contributed by atoms with Gasteiger partial charge in [-0.15, -0.1) is 0 Å². The molecule has 65 heavy (non-hydrogen) atoms. The summed E-state index contributed by atoms with van der Waals surface area (Å²) in [7, 11) is 0. The number of benzene rings is 9. The van der Waals surface area contributed by atoms with Crippen molar-refractivity contribution in [1.29, 1.82) is 0 Å². The molecule has 3 aromatic heterocycles. The molecule has 3 heterocycles. The Morgan fingerprint density at radius 3 is 1.49 bits per heavy atom. The highest BCUT2D eigenvalue weighted by Gasteiger charge is 2.37. The van der Waals surface area contributed by atoms with E-state index in [1.807, 2.05) is 18.2 Å². The minimum atomic E-state index is -0.176. The quantitative estimate of drug-likeness (QED) is 0.168. The second-order valence-corrected chi connectivity index (χ2v) is 17.6. The zero-order valence-electron chi connectivity index (χ0n) is 35.9. The van der Waals surface area contributed by atoms with Gasteiger partial charge in [0.2, 0.25) is 5.95 Å². The van der Waals surface area contributed by atoms with Crippen LogP contribution in [0, 0.1) is 0 Å². The Morgan fingerprint density at radius 1 is 0.354 bits per heavy atom. The van der Waals surface area contributed by atoms with Crippen molar-refractivity contribution in [1.82, 2.24) is 24.1 Å². The van der Waals surface area contributed by atoms with Crippen LogP contribution < -0.4 is 0 Å². The molecular weight excluding hydrogens is 791 g/mol. The van der Waals surface area contributed by atoms with E-state index in [2.05, 4.69) is 217 Å². The predicted molar refractivity (Wildman–Crippen MR) is 268 cm³/mol. The first-order chi connectivity index (χ1) is 32.0. The standard InChI is InChI=1S/C60H41N5/c1-60(2)50-29-15-12-27-48(50)54-49(28-18-30-51(54)60)58-61-57(40-23-10-5-11-24-40)62-59(63-58)65-53-32-17-14-26-45(53)47-34-33-46-44-25-13-16-31-52(44)64(55(46)56(47)65)43-36-41(38-19-6-3-7-20-38)35-42(37-43)39-21-8-4-9-22-39/h3-37H,1-2H3. The maximum atomic E-state index is 5.57. The first kappa shape index (κ1) is 37.2. The number of hydrogen-bond acceptors (Lipinski definition) is 3. The van der Waals surface area contributed by atoms with Crippen molar-refractivity contribution in [2.75, 3.05) is 0 Å². The molecule has 0 N–H and O–H groups in total. The molecule has 0 fully saturated rings. The summed E-state index contributed by atoms with van der Waals surface area (Å²) in [5.74, 6) is 1.82. The first-order valence-electron chi connectivity index (χ1n) is 22.3. The fourth-order valence-electron chi connectivity index (χ4n) is 10.6. The van der Waals surface area contributed by atoms with E-state index < -0.39 is 0 Å². The van der Waals surface area contributed by atoms with Crippen molar-refractivity contribution in [3.05, 3.63) is 223 Å². The third-order valence-electron chi connectivity index (χ3n) is 13.6. The van der Waals surface area contributed by atoms with Crippen molar-refractivity contribution in [3.63, 3.8) is 0 Å². The lowest BCUT2D eigenvalue weighted by Gasteiger charge is -2.21. The molecule has 1 aliphatic carbocycles. The lowest BCUT2D eigenvalue weighted by atomic mass is 9.82. The molecule has 306 valence electrons. The molecule has 5 nitrogen and oxygen atoms in total. The highest BCUT2D eigenvalue weighted by molar-refractivity contribution is 6.23. The van der Waals surface area contributed by atoms with Crippen molar-refractivity contribution < 1.29 is 0 Å². The predicted octanol–water partition coefficient (Wildman–Crippen LogP) is 15.0. The normalized spacial score (nSPS) is 12.9. The zero-order valence-corrected chi connectivity index (χ0v) is 35.9. The van der Waals surface area contributed by atoms with E-state index in [4.69, 9.17) is 15.0 Å². The zero-order chi connectivity index (χ0) is 43.2. The molecule has 0 atom stereocenters. The second kappa shape index (κ2) is 14.3. The molecule has 0 amide bonds. The first-order valence-corrected chi connectivity index (χ1v) is 22.3. The maximum Gasteiger partial charge on any atom is 0.238 e. The van der Waals surface area contributed by atoms with Crippen molar-refractivity contribution in [2.45, 2.75) is 19.3 Å². The van der Waals surface area contributed by atoms with Crippen LogP contribution in [0.25, 0.3) is 111 Å². The van der Waals surface area contributed by atoms with Gasteiger partial charge in [0.15, 0.2) is 11.6 Å². The summed E-state index contributed by atoms with van der Waals surface area (Å²) in [6.07, 6.45) is 0. The average Bonchev–Trinajstić information content (AvgIpc) is 3.98. The van der Waals surface area contributed by atoms with E-state index in [1.165, 1.54) is 27.6 Å². The van der Waals surface area contributed by atoms with E-state index in [9.17, 15) is 0 Å². The summed E-state index contributed by atoms with van der Waals surface area (Å²) in [5.41, 5.74) is 16.7. The van der Waals surface area contributed by atoms with Crippen LogP contribution in [0.1, 0.15) is 25.0 Å². The summed E-state index contributed by atoms with van der Waals surface area (Å²) < 4.78 is 4.75. The van der Waals surface area contributed by atoms with Gasteiger partial charge in [0.25, 0.3) is 0 Å². The van der Waals surface area contributed by atoms with Gasteiger partial charge < -0.3 is 4.57 Å². The average molecular weight is 832 g/mol. The van der Waals surface area contributed by atoms with Gasteiger partial charge in [-0.2, -0.15) is 9.97 Å². The van der Waals surface area contributed by atoms with E-state index in [0.29, 0.717) is 17.6 Å². The second-order valence-electron chi connectivity index (χ2n) is 17.6. The molecular formula is C60H41N5. The Morgan fingerprint density at radius 2 is 0.846 bits per heavy atom. The number of aromatic nitrogens is 5. The molecule has 0 saturated carbocycles. The Bertz CT molecular complexity index is 3790. The van der Waals surface area contributed by atoms with Gasteiger partial charge in [0.1, 0.15) is 0 Å². The summed E-state index contributed by atoms with van der Waals surface area (Å²) in [4.78, 5) is 16.4. The van der Waals surface area contributed by atoms with Crippen molar-refractivity contribution in [2.24, 2.45) is 0 Å². The van der Waals surface area contributed by atoms with Crippen LogP contribution in [-0.2, 0) is 5.41 Å². The molecule has 12 aromatic rings. The Labute approximate surface area is 376 Å². The number of rotatable bonds is 6. The molecule has 0 unspecified atom stereocenters. The fourth-order valence-corrected chi connectivity index (χ4v) is 10.6. The van der Waals surface area contributed by atoms with Gasteiger partial charge in [0.05, 0.1) is 22.1 Å². The third-order valence-corrected chi connectivity index (χ3v) is 13.6. The van der Waals surface area contributed by atoms with Gasteiger partial charge in [-0.05, 0) is 74.8 Å². The van der Waals surface area contributed by atoms with Gasteiger partial charge in [-0.25, -0.2) is 4.98 Å². The highest BCUT2D eigenvalue weighted by atomic mass is 15.2. The number of fused-ring (bicyclic) bond motifs is 10. The van der Waals surface area contributed by atoms with Gasteiger partial charge in [-0.3, -0.25) is 4.57 Å². The van der Waals surface area contributed by atoms with Gasteiger partial charge >= 0.3 is 0 Å². The van der Waals surface area contributed by atoms with Crippen LogP contribution in [0.2, 0.25) is 0 Å². The number of hydrogen-bond donors (Lipinski definition) is 0. The highest BCUT2D eigenvalue weighted by Crippen LogP contribution is 2.52. The van der Waals surface area contributed by atoms with Crippen LogP contribution >= 0.6 is 0 Å². The van der Waals surface area contributed by atoms with Crippen LogP contribution in [0.3, 0.4) is 0 Å². The third kappa shape index (κ3) is 5.68. The number of nitrogens with zero attached hydrogens (tertiary/aromatic N) is 5. The van der Waals surface area contributed by atoms with E-state index in [0.717, 1.165) is 77.3 Å². The minimum Gasteiger partial charge on any atom is -0.307 e. The Balaban J connectivity index is 1.16. The summed E-state index contributed by atoms with van der Waals surface area (Å²) in [5, 5.41) is 4.58. The summed E-state index contributed by atoms with van der Waals surface area (Å²) in [6.45, 7) is 4.63. The Hall–Kier alpha value is -8.41. The van der Waals surface area contributed by atoms with E-state index >= 15 is 0 Å². The fraction of sp³-hybridized carbons (Fsp3) is 0.0500. The molecule has 0 aliphatic heterocycles. The molecule has 13 rings (SSSR count). The summed E-state index contributed by atoms with van der Waals surface area (Å²) in [6, 6.07) is 76.1. The van der Waals surface area contributed by atoms with Crippen molar-refractivity contribution >= 4 is 43.6 Å². The van der Waals surface area contributed by atoms with Gasteiger partial charge in [-0.1, -0.05) is 196 Å². The monoisotopic (exact) mass is 831 g/mol. The molecule has 5 heteroatoms. The smallest absolute Gasteiger partial charge is 0.238 e. The molecule has 0 saturated heterocycles. The van der Waals surface area contributed by atoms with E-state index in [1.54, 1.807) is 0 Å². The van der Waals surface area contributed by atoms with Gasteiger partial charge in [0, 0.05) is 43.8 Å². The van der Waals surface area contributed by atoms with Crippen LogP contribution in [-0.4, -0.2) is 24.1 Å². The Kier molecular flexibility index (Phi) is 8.18. The molecule has 9 aromatic carbocycles. The number of para-hydroxylation sites is 2. The lowest BCUT2D eigenvalue weighted by molar-refractivity contribution is 0.660. The minimum absolute atomic E-state index is 0.176. The van der Waals surface area contributed by atoms with Crippen LogP contribution in [0.4, 0.5) is 0 Å². The topological polar surface area (TPSA) is 48.5 Å². The largest absolute Gasteiger partial charge is 0.307 e. The molecule has 1 aliphatic rings. The molecule has 0 bridgehead atoms. The maximum absolute atomic E-state index is 5.57. The lowest BCUT2D eigenvalue weighted by Crippen LogP contribution is -2.14. The van der Waals surface area contributed by atoms with Crippen LogP contribution in [0.15, 0.2) is 212 Å². The molecule has 0 radical (unpaired) electrons. The SMILES string of the molecule is CC1(C)c2ccccc2-c2c(-c3nc(-c4ccccc4)nc(-n4c5ccccc5c5ccc6c7ccccc7n(-c7cc(-c8ccccc8)cc(-c8ccccc8)c7)c6c54)n3)cccc21. The molecule has 0 spiro atoms.